The number of aromatic nitrogens is 1. The number of nitrogens with one attached hydrogen (secondary N) is 2. The van der Waals surface area contributed by atoms with Crippen molar-refractivity contribution in [2.24, 2.45) is 0 Å². The van der Waals surface area contributed by atoms with Crippen LogP contribution in [0.2, 0.25) is 0 Å². The third-order valence-corrected chi connectivity index (χ3v) is 7.15. The molecule has 2 aliphatic heterocycles. The molecule has 0 bridgehead atoms. The summed E-state index contributed by atoms with van der Waals surface area (Å²) in [7, 11) is -3.87. The molecule has 2 fully saturated rings. The molecule has 3 heterocycles. The molecule has 2 aromatic carbocycles. The molecule has 176 valence electrons. The summed E-state index contributed by atoms with van der Waals surface area (Å²) in [6.45, 7) is 1.01. The Hall–Kier alpha value is -3.54. The van der Waals surface area contributed by atoms with Gasteiger partial charge in [0.05, 0.1) is 18.7 Å². The lowest BCUT2D eigenvalue weighted by Crippen LogP contribution is -2.39. The van der Waals surface area contributed by atoms with Gasteiger partial charge in [-0.2, -0.15) is 0 Å². The smallest absolute Gasteiger partial charge is 0.414 e. The molecule has 1 aromatic heterocycles. The normalized spacial score (nSPS) is 20.9. The Labute approximate surface area is 195 Å². The number of ether oxygens (including phenoxy) is 2. The van der Waals surface area contributed by atoms with Gasteiger partial charge in [-0.3, -0.25) is 14.7 Å². The Kier molecular flexibility index (Phi) is 5.90. The number of carbonyl (C=O) groups is 2. The van der Waals surface area contributed by atoms with E-state index in [0.29, 0.717) is 35.3 Å². The molecule has 2 aliphatic rings. The number of amides is 2. The molecule has 5 rings (SSSR count). The van der Waals surface area contributed by atoms with Crippen molar-refractivity contribution in [3.63, 3.8) is 0 Å². The lowest BCUT2D eigenvalue weighted by molar-refractivity contribution is -0.138. The van der Waals surface area contributed by atoms with Gasteiger partial charge in [-0.1, -0.05) is 30.3 Å². The number of nitrogens with zero attached hydrogens (tertiary/aromatic N) is 2. The van der Waals surface area contributed by atoms with Gasteiger partial charge in [0.1, 0.15) is 11.0 Å². The van der Waals surface area contributed by atoms with Gasteiger partial charge < -0.3 is 14.8 Å². The Balaban J connectivity index is 1.25. The van der Waals surface area contributed by atoms with Crippen LogP contribution in [0.3, 0.4) is 0 Å². The molecule has 2 atom stereocenters. The van der Waals surface area contributed by atoms with E-state index >= 15 is 0 Å². The van der Waals surface area contributed by atoms with E-state index in [2.05, 4.69) is 15.0 Å². The average Bonchev–Trinajstić information content (AvgIpc) is 3.23. The average molecular weight is 483 g/mol. The lowest BCUT2D eigenvalue weighted by atomic mass is 10.1. The Morgan fingerprint density at radius 3 is 2.68 bits per heavy atom. The van der Waals surface area contributed by atoms with Gasteiger partial charge >= 0.3 is 6.09 Å². The lowest BCUT2D eigenvalue weighted by Gasteiger charge is -2.23. The molecule has 2 N–H and O–H groups in total. The summed E-state index contributed by atoms with van der Waals surface area (Å²) in [6, 6.07) is 15.3. The third-order valence-electron chi connectivity index (χ3n) is 5.69. The number of carbonyl (C=O) groups excluding carboxylic acids is 2. The topological polar surface area (TPSA) is 127 Å². The molecule has 11 heteroatoms. The van der Waals surface area contributed by atoms with E-state index in [-0.39, 0.29) is 23.9 Å². The highest BCUT2D eigenvalue weighted by atomic mass is 32.2. The standard InChI is InChI=1S/C23H22N4O6S/c28-22-21(32-12-11-25-22)16-6-8-17(9-7-16)27-14-18(33-23(27)29)13-26-34(30,31)19-5-1-3-15-4-2-10-24-20(15)19/h1-10,18,21,26H,11-14H2,(H,25,28). The minimum absolute atomic E-state index is 0.0661. The van der Waals surface area contributed by atoms with Crippen LogP contribution < -0.4 is 14.9 Å². The fourth-order valence-electron chi connectivity index (χ4n) is 4.01. The first-order valence-electron chi connectivity index (χ1n) is 10.7. The summed E-state index contributed by atoms with van der Waals surface area (Å²) < 4.78 is 39.2. The first-order chi connectivity index (χ1) is 16.4. The van der Waals surface area contributed by atoms with E-state index in [1.165, 1.54) is 17.2 Å². The molecule has 2 amide bonds. The maximum Gasteiger partial charge on any atom is 0.414 e. The quantitative estimate of drug-likeness (QED) is 0.548. The second-order valence-corrected chi connectivity index (χ2v) is 9.67. The molecule has 2 unspecified atom stereocenters. The number of fused-ring (bicyclic) bond motifs is 1. The molecule has 0 saturated carbocycles. The zero-order valence-corrected chi connectivity index (χ0v) is 18.8. The number of pyridine rings is 1. The number of rotatable bonds is 6. The first-order valence-corrected chi connectivity index (χ1v) is 12.2. The molecular weight excluding hydrogens is 460 g/mol. The van der Waals surface area contributed by atoms with Crippen molar-refractivity contribution in [1.82, 2.24) is 15.0 Å². The minimum Gasteiger partial charge on any atom is -0.443 e. The van der Waals surface area contributed by atoms with Crippen LogP contribution in [0, 0.1) is 0 Å². The monoisotopic (exact) mass is 482 g/mol. The summed E-state index contributed by atoms with van der Waals surface area (Å²) in [5.74, 6) is -0.201. The van der Waals surface area contributed by atoms with E-state index in [1.807, 2.05) is 0 Å². The Morgan fingerprint density at radius 1 is 1.09 bits per heavy atom. The molecule has 10 nitrogen and oxygen atoms in total. The third kappa shape index (κ3) is 4.32. The number of morpholine rings is 1. The largest absolute Gasteiger partial charge is 0.443 e. The first kappa shape index (κ1) is 22.3. The summed E-state index contributed by atoms with van der Waals surface area (Å²) in [5, 5.41) is 3.46. The van der Waals surface area contributed by atoms with Crippen LogP contribution in [0.4, 0.5) is 10.5 Å². The van der Waals surface area contributed by atoms with Gasteiger partial charge in [-0.05, 0) is 29.8 Å². The van der Waals surface area contributed by atoms with E-state index in [4.69, 9.17) is 9.47 Å². The molecule has 0 radical (unpaired) electrons. The number of anilines is 1. The molecule has 3 aromatic rings. The van der Waals surface area contributed by atoms with Gasteiger partial charge in [-0.25, -0.2) is 17.9 Å². The van der Waals surface area contributed by atoms with Crippen molar-refractivity contribution in [1.29, 1.82) is 0 Å². The van der Waals surface area contributed by atoms with Crippen molar-refractivity contribution in [2.75, 3.05) is 31.1 Å². The van der Waals surface area contributed by atoms with E-state index in [1.54, 1.807) is 48.5 Å². The zero-order chi connectivity index (χ0) is 23.7. The van der Waals surface area contributed by atoms with Crippen LogP contribution in [-0.4, -0.2) is 57.7 Å². The van der Waals surface area contributed by atoms with Gasteiger partial charge in [0.2, 0.25) is 10.0 Å². The molecule has 2 saturated heterocycles. The van der Waals surface area contributed by atoms with Crippen molar-refractivity contribution >= 4 is 38.6 Å². The zero-order valence-electron chi connectivity index (χ0n) is 18.0. The van der Waals surface area contributed by atoms with Crippen LogP contribution in [0.1, 0.15) is 11.7 Å². The highest BCUT2D eigenvalue weighted by Gasteiger charge is 2.34. The number of cyclic esters (lactones) is 1. The fourth-order valence-corrected chi connectivity index (χ4v) is 5.25. The molecular formula is C23H22N4O6S. The predicted molar refractivity (Wildman–Crippen MR) is 123 cm³/mol. The fraction of sp³-hybridized carbons (Fsp3) is 0.261. The van der Waals surface area contributed by atoms with Crippen LogP contribution in [-0.2, 0) is 24.3 Å². The Bertz CT molecular complexity index is 1340. The predicted octanol–water partition coefficient (Wildman–Crippen LogP) is 1.73. The summed E-state index contributed by atoms with van der Waals surface area (Å²) in [4.78, 5) is 30.1. The van der Waals surface area contributed by atoms with E-state index in [9.17, 15) is 18.0 Å². The number of para-hydroxylation sites is 1. The molecule has 0 aliphatic carbocycles. The number of sulfonamides is 1. The summed E-state index contributed by atoms with van der Waals surface area (Å²) in [5.41, 5.74) is 1.63. The highest BCUT2D eigenvalue weighted by molar-refractivity contribution is 7.89. The number of hydrogen-bond donors (Lipinski definition) is 2. The van der Waals surface area contributed by atoms with Crippen LogP contribution in [0.15, 0.2) is 65.7 Å². The maximum absolute atomic E-state index is 12.9. The van der Waals surface area contributed by atoms with E-state index in [0.717, 1.165) is 0 Å². The molecule has 0 spiro atoms. The van der Waals surface area contributed by atoms with Gasteiger partial charge in [-0.15, -0.1) is 0 Å². The second kappa shape index (κ2) is 9.01. The van der Waals surface area contributed by atoms with Gasteiger partial charge in [0.25, 0.3) is 5.91 Å². The van der Waals surface area contributed by atoms with Crippen molar-refractivity contribution < 1.29 is 27.5 Å². The molecule has 34 heavy (non-hydrogen) atoms. The summed E-state index contributed by atoms with van der Waals surface area (Å²) in [6.07, 6.45) is -0.386. The number of benzene rings is 2. The van der Waals surface area contributed by atoms with Crippen molar-refractivity contribution in [3.05, 3.63) is 66.4 Å². The Morgan fingerprint density at radius 2 is 1.88 bits per heavy atom. The maximum atomic E-state index is 12.9. The van der Waals surface area contributed by atoms with E-state index < -0.39 is 28.3 Å². The van der Waals surface area contributed by atoms with Crippen LogP contribution in [0.5, 0.6) is 0 Å². The van der Waals surface area contributed by atoms with Crippen molar-refractivity contribution in [2.45, 2.75) is 17.1 Å². The van der Waals surface area contributed by atoms with Crippen LogP contribution >= 0.6 is 0 Å². The highest BCUT2D eigenvalue weighted by Crippen LogP contribution is 2.26. The SMILES string of the molecule is O=C1NCCOC1c1ccc(N2CC(CNS(=O)(=O)c3cccc4cccnc34)OC2=O)cc1. The summed E-state index contributed by atoms with van der Waals surface area (Å²) >= 11 is 0. The van der Waals surface area contributed by atoms with Gasteiger partial charge in [0, 0.05) is 30.4 Å². The van der Waals surface area contributed by atoms with Gasteiger partial charge in [0.15, 0.2) is 6.10 Å². The van der Waals surface area contributed by atoms with Crippen LogP contribution in [0.25, 0.3) is 10.9 Å². The minimum atomic E-state index is -3.87. The van der Waals surface area contributed by atoms with Crippen molar-refractivity contribution in [3.8, 4) is 0 Å². The second-order valence-electron chi connectivity index (χ2n) is 7.93. The number of hydrogen-bond acceptors (Lipinski definition) is 7.